The van der Waals surface area contributed by atoms with E-state index in [1.807, 2.05) is 11.8 Å². The van der Waals surface area contributed by atoms with Crippen molar-refractivity contribution < 1.29 is 19.4 Å². The highest BCUT2D eigenvalue weighted by atomic mass is 16.5. The van der Waals surface area contributed by atoms with Gasteiger partial charge in [-0.05, 0) is 19.1 Å². The Morgan fingerprint density at radius 3 is 3.11 bits per heavy atom. The third-order valence-corrected chi connectivity index (χ3v) is 3.02. The van der Waals surface area contributed by atoms with Crippen LogP contribution in [-0.4, -0.2) is 55.1 Å². The van der Waals surface area contributed by atoms with E-state index in [4.69, 9.17) is 9.47 Å². The van der Waals surface area contributed by atoms with E-state index in [0.29, 0.717) is 24.5 Å². The summed E-state index contributed by atoms with van der Waals surface area (Å²) < 4.78 is 10.3. The molecular formula is C13H18N2O4. The minimum atomic E-state index is -0.385. The smallest absolute Gasteiger partial charge is 0.338 e. The Kier molecular flexibility index (Phi) is 4.34. The highest BCUT2D eigenvalue weighted by Crippen LogP contribution is 2.19. The zero-order valence-electron chi connectivity index (χ0n) is 11.1. The summed E-state index contributed by atoms with van der Waals surface area (Å²) in [6, 6.07) is 3.31. The Balaban J connectivity index is 2.18. The largest absolute Gasteiger partial charge is 0.465 e. The summed E-state index contributed by atoms with van der Waals surface area (Å²) in [5, 5.41) is 9.21. The highest BCUT2D eigenvalue weighted by Gasteiger charge is 2.25. The third kappa shape index (κ3) is 3.21. The molecule has 0 spiro atoms. The van der Waals surface area contributed by atoms with Gasteiger partial charge >= 0.3 is 5.97 Å². The first-order chi connectivity index (χ1) is 9.13. The van der Waals surface area contributed by atoms with Gasteiger partial charge in [0.05, 0.1) is 31.5 Å². The second-order valence-corrected chi connectivity index (χ2v) is 4.55. The molecule has 1 aliphatic heterocycles. The summed E-state index contributed by atoms with van der Waals surface area (Å²) in [5.74, 6) is 0.306. The number of morpholine rings is 1. The quantitative estimate of drug-likeness (QED) is 0.801. The first kappa shape index (κ1) is 13.8. The normalized spacial score (nSPS) is 23.2. The average molecular weight is 266 g/mol. The lowest BCUT2D eigenvalue weighted by atomic mass is 10.2. The van der Waals surface area contributed by atoms with Crippen LogP contribution in [0.15, 0.2) is 18.3 Å². The summed E-state index contributed by atoms with van der Waals surface area (Å²) >= 11 is 0. The second-order valence-electron chi connectivity index (χ2n) is 4.55. The summed E-state index contributed by atoms with van der Waals surface area (Å²) in [6.07, 6.45) is 1.36. The number of hydrogen-bond acceptors (Lipinski definition) is 6. The molecule has 1 saturated heterocycles. The van der Waals surface area contributed by atoms with Crippen LogP contribution >= 0.6 is 0 Å². The number of carbonyl (C=O) groups excluding carboxylic acids is 1. The van der Waals surface area contributed by atoms with E-state index in [1.165, 1.54) is 7.11 Å². The molecule has 1 aliphatic rings. The molecule has 104 valence electrons. The van der Waals surface area contributed by atoms with Crippen LogP contribution in [0.25, 0.3) is 0 Å². The number of ether oxygens (including phenoxy) is 2. The number of pyridine rings is 1. The molecule has 0 aliphatic carbocycles. The number of aliphatic hydroxyl groups is 1. The highest BCUT2D eigenvalue weighted by molar-refractivity contribution is 5.90. The minimum absolute atomic E-state index is 0.00878. The summed E-state index contributed by atoms with van der Waals surface area (Å²) in [6.45, 7) is 3.14. The van der Waals surface area contributed by atoms with Gasteiger partial charge in [0.1, 0.15) is 5.82 Å². The van der Waals surface area contributed by atoms with Crippen molar-refractivity contribution in [2.75, 3.05) is 31.7 Å². The molecule has 0 bridgehead atoms. The van der Waals surface area contributed by atoms with Crippen molar-refractivity contribution >= 4 is 11.8 Å². The van der Waals surface area contributed by atoms with E-state index in [9.17, 15) is 9.90 Å². The van der Waals surface area contributed by atoms with Crippen LogP contribution in [0.5, 0.6) is 0 Å². The Labute approximate surface area is 112 Å². The first-order valence-electron chi connectivity index (χ1n) is 6.19. The number of aliphatic hydroxyl groups excluding tert-OH is 1. The van der Waals surface area contributed by atoms with Crippen molar-refractivity contribution in [2.24, 2.45) is 0 Å². The summed E-state index contributed by atoms with van der Waals surface area (Å²) in [4.78, 5) is 17.8. The van der Waals surface area contributed by atoms with Gasteiger partial charge in [-0.3, -0.25) is 0 Å². The number of nitrogens with zero attached hydrogens (tertiary/aromatic N) is 2. The fourth-order valence-corrected chi connectivity index (χ4v) is 2.17. The molecule has 6 heteroatoms. The summed E-state index contributed by atoms with van der Waals surface area (Å²) in [5.41, 5.74) is 0.465. The molecule has 1 aromatic heterocycles. The third-order valence-electron chi connectivity index (χ3n) is 3.02. The van der Waals surface area contributed by atoms with Crippen LogP contribution < -0.4 is 4.90 Å². The molecule has 2 unspecified atom stereocenters. The van der Waals surface area contributed by atoms with Crippen molar-refractivity contribution in [1.29, 1.82) is 0 Å². The Morgan fingerprint density at radius 2 is 2.42 bits per heavy atom. The van der Waals surface area contributed by atoms with Gasteiger partial charge in [0.25, 0.3) is 0 Å². The van der Waals surface area contributed by atoms with Crippen molar-refractivity contribution in [3.63, 3.8) is 0 Å². The molecule has 0 aromatic carbocycles. The number of anilines is 1. The molecule has 0 saturated carbocycles. The van der Waals surface area contributed by atoms with Crippen LogP contribution in [0.1, 0.15) is 17.3 Å². The zero-order chi connectivity index (χ0) is 13.8. The molecule has 6 nitrogen and oxygen atoms in total. The number of carbonyl (C=O) groups is 1. The maximum atomic E-state index is 11.5. The zero-order valence-corrected chi connectivity index (χ0v) is 11.1. The molecule has 1 fully saturated rings. The monoisotopic (exact) mass is 266 g/mol. The van der Waals surface area contributed by atoms with Gasteiger partial charge in [0.2, 0.25) is 0 Å². The molecule has 2 heterocycles. The van der Waals surface area contributed by atoms with E-state index in [2.05, 4.69) is 4.98 Å². The van der Waals surface area contributed by atoms with Crippen molar-refractivity contribution in [1.82, 2.24) is 4.98 Å². The van der Waals surface area contributed by atoms with E-state index >= 15 is 0 Å². The lowest BCUT2D eigenvalue weighted by molar-refractivity contribution is -0.0423. The lowest BCUT2D eigenvalue weighted by Gasteiger charge is -2.36. The number of esters is 1. The Morgan fingerprint density at radius 1 is 1.63 bits per heavy atom. The Bertz CT molecular complexity index is 452. The van der Waals surface area contributed by atoms with E-state index in [0.717, 1.165) is 0 Å². The molecule has 1 aromatic rings. The van der Waals surface area contributed by atoms with Gasteiger partial charge in [-0.2, -0.15) is 0 Å². The fraction of sp³-hybridized carbons (Fsp3) is 0.538. The number of methoxy groups -OCH3 is 1. The van der Waals surface area contributed by atoms with Crippen LogP contribution in [0.4, 0.5) is 5.82 Å². The van der Waals surface area contributed by atoms with Gasteiger partial charge in [-0.1, -0.05) is 0 Å². The maximum absolute atomic E-state index is 11.5. The minimum Gasteiger partial charge on any atom is -0.465 e. The topological polar surface area (TPSA) is 71.9 Å². The molecule has 0 amide bonds. The molecule has 2 rings (SSSR count). The molecule has 1 N–H and O–H groups in total. The van der Waals surface area contributed by atoms with Crippen LogP contribution in [0, 0.1) is 0 Å². The predicted molar refractivity (Wildman–Crippen MR) is 69.2 cm³/mol. The Hall–Kier alpha value is -1.66. The van der Waals surface area contributed by atoms with Gasteiger partial charge in [0.15, 0.2) is 0 Å². The van der Waals surface area contributed by atoms with Crippen LogP contribution in [0.2, 0.25) is 0 Å². The number of rotatable bonds is 3. The average Bonchev–Trinajstić information content (AvgIpc) is 2.45. The van der Waals surface area contributed by atoms with Gasteiger partial charge in [0, 0.05) is 19.3 Å². The van der Waals surface area contributed by atoms with E-state index in [1.54, 1.807) is 18.3 Å². The maximum Gasteiger partial charge on any atom is 0.338 e. The fourth-order valence-electron chi connectivity index (χ4n) is 2.17. The van der Waals surface area contributed by atoms with Gasteiger partial charge in [-0.25, -0.2) is 9.78 Å². The van der Waals surface area contributed by atoms with Crippen molar-refractivity contribution in [2.45, 2.75) is 19.1 Å². The SMILES string of the molecule is COC(=O)c1ccnc(N2CC(C)OC(CO)C2)c1. The molecule has 19 heavy (non-hydrogen) atoms. The van der Waals surface area contributed by atoms with E-state index < -0.39 is 0 Å². The van der Waals surface area contributed by atoms with Crippen LogP contribution in [0.3, 0.4) is 0 Å². The standard InChI is InChI=1S/C13H18N2O4/c1-9-6-15(7-11(8-16)19-9)12-5-10(3-4-14-12)13(17)18-2/h3-5,9,11,16H,6-8H2,1-2H3. The van der Waals surface area contributed by atoms with Crippen molar-refractivity contribution in [3.8, 4) is 0 Å². The van der Waals surface area contributed by atoms with E-state index in [-0.39, 0.29) is 24.8 Å². The van der Waals surface area contributed by atoms with Gasteiger partial charge in [-0.15, -0.1) is 0 Å². The van der Waals surface area contributed by atoms with Gasteiger partial charge < -0.3 is 19.5 Å². The molecule has 0 radical (unpaired) electrons. The molecular weight excluding hydrogens is 248 g/mol. The van der Waals surface area contributed by atoms with Crippen molar-refractivity contribution in [3.05, 3.63) is 23.9 Å². The number of aromatic nitrogens is 1. The second kappa shape index (κ2) is 5.99. The first-order valence-corrected chi connectivity index (χ1v) is 6.19. The predicted octanol–water partition coefficient (Wildman–Crippen LogP) is 0.454. The number of hydrogen-bond donors (Lipinski definition) is 1. The van der Waals surface area contributed by atoms with Crippen LogP contribution in [-0.2, 0) is 9.47 Å². The lowest BCUT2D eigenvalue weighted by Crippen LogP contribution is -2.48. The molecule has 2 atom stereocenters. The summed E-state index contributed by atoms with van der Waals surface area (Å²) in [7, 11) is 1.35.